The van der Waals surface area contributed by atoms with Gasteiger partial charge in [-0.15, -0.1) is 11.3 Å². The van der Waals surface area contributed by atoms with Crippen LogP contribution in [0.15, 0.2) is 35.3 Å². The maximum Gasteiger partial charge on any atom is 0.431 e. The average Bonchev–Trinajstić information content (AvgIpc) is 3.04. The number of nitrogens with one attached hydrogen (secondary N) is 1. The van der Waals surface area contributed by atoms with Crippen molar-refractivity contribution >= 4 is 39.0 Å². The summed E-state index contributed by atoms with van der Waals surface area (Å²) in [5, 5.41) is 3.64. The number of hydrogen-bond acceptors (Lipinski definition) is 6. The predicted molar refractivity (Wildman–Crippen MR) is 99.9 cm³/mol. The van der Waals surface area contributed by atoms with E-state index < -0.39 is 17.3 Å². The van der Waals surface area contributed by atoms with Crippen LogP contribution < -0.4 is 10.7 Å². The molecule has 148 valence electrons. The van der Waals surface area contributed by atoms with Gasteiger partial charge >= 0.3 is 12.1 Å². The van der Waals surface area contributed by atoms with Crippen LogP contribution in [-0.4, -0.2) is 22.1 Å². The minimum atomic E-state index is -4.64. The summed E-state index contributed by atoms with van der Waals surface area (Å²) in [7, 11) is 1.26. The molecule has 0 saturated heterocycles. The van der Waals surface area contributed by atoms with E-state index in [9.17, 15) is 22.8 Å². The number of ether oxygens (including phenoxy) is 1. The quantitative estimate of drug-likeness (QED) is 0.646. The number of pyridine rings is 1. The molecule has 0 aliphatic heterocycles. The standard InChI is InChI=1S/C18H16F3N3O3S/c1-3-27-16(26)7-11-9-22-17(28-11)23-10-4-5-12-13(6-10)24(2)15(8-14(12)25)18(19,20)21/h4-6,8-9H,3,7H2,1-2H3,(H,22,23). The number of carbonyl (C=O) groups is 1. The number of carbonyl (C=O) groups excluding carboxylic acids is 1. The molecule has 0 aliphatic carbocycles. The van der Waals surface area contributed by atoms with E-state index in [1.165, 1.54) is 36.7 Å². The van der Waals surface area contributed by atoms with Crippen LogP contribution in [0.4, 0.5) is 24.0 Å². The van der Waals surface area contributed by atoms with Crippen molar-refractivity contribution in [2.45, 2.75) is 19.5 Å². The highest BCUT2D eigenvalue weighted by Crippen LogP contribution is 2.31. The molecule has 2 aromatic heterocycles. The lowest BCUT2D eigenvalue weighted by Gasteiger charge is -2.15. The summed E-state index contributed by atoms with van der Waals surface area (Å²) in [6.45, 7) is 2.01. The summed E-state index contributed by atoms with van der Waals surface area (Å²) < 4.78 is 45.3. The first-order valence-corrected chi connectivity index (χ1v) is 9.09. The molecule has 3 aromatic rings. The van der Waals surface area contributed by atoms with Gasteiger partial charge in [-0.1, -0.05) is 0 Å². The second-order valence-electron chi connectivity index (χ2n) is 5.92. The van der Waals surface area contributed by atoms with E-state index in [0.717, 1.165) is 4.57 Å². The minimum absolute atomic E-state index is 0.0916. The highest BCUT2D eigenvalue weighted by atomic mass is 32.1. The largest absolute Gasteiger partial charge is 0.466 e. The Kier molecular flexibility index (Phi) is 5.41. The lowest BCUT2D eigenvalue weighted by atomic mass is 10.1. The van der Waals surface area contributed by atoms with Crippen LogP contribution in [0, 0.1) is 0 Å². The summed E-state index contributed by atoms with van der Waals surface area (Å²) in [6.07, 6.45) is -3.01. The average molecular weight is 411 g/mol. The number of nitrogens with zero attached hydrogens (tertiary/aromatic N) is 2. The van der Waals surface area contributed by atoms with Gasteiger partial charge < -0.3 is 14.6 Å². The number of anilines is 2. The Morgan fingerprint density at radius 3 is 2.75 bits per heavy atom. The molecular weight excluding hydrogens is 395 g/mol. The zero-order chi connectivity index (χ0) is 20.5. The molecule has 0 amide bonds. The Morgan fingerprint density at radius 1 is 1.32 bits per heavy atom. The number of aryl methyl sites for hydroxylation is 1. The third-order valence-electron chi connectivity index (χ3n) is 3.97. The fourth-order valence-corrected chi connectivity index (χ4v) is 3.54. The number of alkyl halides is 3. The molecule has 3 rings (SSSR count). The van der Waals surface area contributed by atoms with Gasteiger partial charge in [0.2, 0.25) is 0 Å². The van der Waals surface area contributed by atoms with Crippen molar-refractivity contribution in [3.05, 3.63) is 51.3 Å². The van der Waals surface area contributed by atoms with Gasteiger partial charge in [0.25, 0.3) is 0 Å². The highest BCUT2D eigenvalue weighted by molar-refractivity contribution is 7.15. The maximum absolute atomic E-state index is 13.1. The normalized spacial score (nSPS) is 11.6. The van der Waals surface area contributed by atoms with Crippen molar-refractivity contribution in [3.8, 4) is 0 Å². The van der Waals surface area contributed by atoms with Crippen LogP contribution in [0.2, 0.25) is 0 Å². The van der Waals surface area contributed by atoms with Crippen molar-refractivity contribution in [1.29, 1.82) is 0 Å². The molecule has 0 unspecified atom stereocenters. The first-order valence-electron chi connectivity index (χ1n) is 8.27. The number of benzene rings is 1. The van der Waals surface area contributed by atoms with Crippen molar-refractivity contribution in [1.82, 2.24) is 9.55 Å². The summed E-state index contributed by atoms with van der Waals surface area (Å²) >= 11 is 1.23. The molecule has 0 atom stereocenters. The number of fused-ring (bicyclic) bond motifs is 1. The van der Waals surface area contributed by atoms with Gasteiger partial charge in [0.05, 0.1) is 18.5 Å². The van der Waals surface area contributed by atoms with E-state index in [2.05, 4.69) is 10.3 Å². The van der Waals surface area contributed by atoms with Gasteiger partial charge in [-0.3, -0.25) is 9.59 Å². The van der Waals surface area contributed by atoms with Crippen LogP contribution in [-0.2, 0) is 29.2 Å². The summed E-state index contributed by atoms with van der Waals surface area (Å²) in [5.41, 5.74) is -1.10. The number of halogens is 3. The molecule has 0 fully saturated rings. The van der Waals surface area contributed by atoms with Crippen molar-refractivity contribution in [2.75, 3.05) is 11.9 Å². The van der Waals surface area contributed by atoms with Crippen molar-refractivity contribution in [3.63, 3.8) is 0 Å². The van der Waals surface area contributed by atoms with Crippen LogP contribution in [0.5, 0.6) is 0 Å². The van der Waals surface area contributed by atoms with Gasteiger partial charge in [-0.05, 0) is 25.1 Å². The lowest BCUT2D eigenvalue weighted by Crippen LogP contribution is -2.19. The summed E-state index contributed by atoms with van der Waals surface area (Å²) in [4.78, 5) is 28.4. The molecule has 1 aromatic carbocycles. The Labute approximate surface area is 161 Å². The first kappa shape index (κ1) is 19.9. The summed E-state index contributed by atoms with van der Waals surface area (Å²) in [6, 6.07) is 5.10. The fourth-order valence-electron chi connectivity index (χ4n) is 2.72. The maximum atomic E-state index is 13.1. The van der Waals surface area contributed by atoms with Crippen LogP contribution in [0.3, 0.4) is 0 Å². The Morgan fingerprint density at radius 2 is 2.07 bits per heavy atom. The molecule has 1 N–H and O–H groups in total. The van der Waals surface area contributed by atoms with E-state index in [4.69, 9.17) is 4.74 Å². The zero-order valence-corrected chi connectivity index (χ0v) is 15.8. The topological polar surface area (TPSA) is 73.2 Å². The predicted octanol–water partition coefficient (Wildman–Crippen LogP) is 3.86. The number of hydrogen-bond donors (Lipinski definition) is 1. The number of thiazole rings is 1. The Bertz CT molecular complexity index is 1090. The smallest absolute Gasteiger partial charge is 0.431 e. The Hall–Kier alpha value is -2.88. The van der Waals surface area contributed by atoms with Crippen LogP contribution in [0.1, 0.15) is 17.5 Å². The molecule has 0 aliphatic rings. The first-order chi connectivity index (χ1) is 13.2. The number of esters is 1. The SMILES string of the molecule is CCOC(=O)Cc1cnc(Nc2ccc3c(=O)cc(C(F)(F)F)n(C)c3c2)s1. The van der Waals surface area contributed by atoms with Crippen molar-refractivity contribution < 1.29 is 22.7 Å². The van der Waals surface area contributed by atoms with Gasteiger partial charge in [0.15, 0.2) is 10.6 Å². The molecule has 0 bridgehead atoms. The number of aromatic nitrogens is 2. The lowest BCUT2D eigenvalue weighted by molar-refractivity contribution is -0.143. The van der Waals surface area contributed by atoms with Gasteiger partial charge in [-0.25, -0.2) is 4.98 Å². The molecule has 0 spiro atoms. The molecule has 2 heterocycles. The fraction of sp³-hybridized carbons (Fsp3) is 0.278. The minimum Gasteiger partial charge on any atom is -0.466 e. The molecule has 0 saturated carbocycles. The van der Waals surface area contributed by atoms with E-state index in [-0.39, 0.29) is 23.3 Å². The monoisotopic (exact) mass is 411 g/mol. The molecular formula is C18H16F3N3O3S. The van der Waals surface area contributed by atoms with Crippen LogP contribution in [0.25, 0.3) is 10.9 Å². The molecule has 28 heavy (non-hydrogen) atoms. The highest BCUT2D eigenvalue weighted by Gasteiger charge is 2.34. The van der Waals surface area contributed by atoms with Gasteiger partial charge in [-0.2, -0.15) is 13.2 Å². The third-order valence-corrected chi connectivity index (χ3v) is 4.89. The molecule has 6 nitrogen and oxygen atoms in total. The van der Waals surface area contributed by atoms with E-state index in [1.807, 2.05) is 0 Å². The Balaban J connectivity index is 1.91. The number of rotatable bonds is 5. The van der Waals surface area contributed by atoms with Crippen molar-refractivity contribution in [2.24, 2.45) is 7.05 Å². The molecule has 10 heteroatoms. The van der Waals surface area contributed by atoms with Gasteiger partial charge in [0, 0.05) is 35.3 Å². The van der Waals surface area contributed by atoms with E-state index in [0.29, 0.717) is 28.4 Å². The second-order valence-corrected chi connectivity index (χ2v) is 7.04. The van der Waals surface area contributed by atoms with E-state index in [1.54, 1.807) is 13.0 Å². The van der Waals surface area contributed by atoms with E-state index >= 15 is 0 Å². The summed E-state index contributed by atoms with van der Waals surface area (Å²) in [5.74, 6) is -0.363. The van der Waals surface area contributed by atoms with Crippen LogP contribution >= 0.6 is 11.3 Å². The van der Waals surface area contributed by atoms with Gasteiger partial charge in [0.1, 0.15) is 5.69 Å². The third kappa shape index (κ3) is 4.16. The zero-order valence-electron chi connectivity index (χ0n) is 15.0. The molecule has 0 radical (unpaired) electrons. The second kappa shape index (κ2) is 7.63.